The maximum Gasteiger partial charge on any atom is 0.271 e. The van der Waals surface area contributed by atoms with Crippen LogP contribution < -0.4 is 10.9 Å². The Morgan fingerprint density at radius 2 is 1.86 bits per heavy atom. The van der Waals surface area contributed by atoms with Crippen LogP contribution in [0.4, 0.5) is 5.95 Å². The zero-order valence-electron chi connectivity index (χ0n) is 14.4. The van der Waals surface area contributed by atoms with Crippen LogP contribution >= 0.6 is 11.3 Å². The van der Waals surface area contributed by atoms with Crippen LogP contribution in [0.2, 0.25) is 0 Å². The molecule has 0 saturated carbocycles. The van der Waals surface area contributed by atoms with E-state index in [4.69, 9.17) is 0 Å². The van der Waals surface area contributed by atoms with Gasteiger partial charge in [-0.15, -0.1) is 11.3 Å². The number of H-pyrrole nitrogens is 1. The maximum absolute atomic E-state index is 13.0. The zero-order chi connectivity index (χ0) is 19.1. The van der Waals surface area contributed by atoms with E-state index >= 15 is 0 Å². The highest BCUT2D eigenvalue weighted by Crippen LogP contribution is 2.23. The van der Waals surface area contributed by atoms with E-state index in [9.17, 15) is 9.59 Å². The lowest BCUT2D eigenvalue weighted by Crippen LogP contribution is -2.26. The van der Waals surface area contributed by atoms with Crippen molar-refractivity contribution >= 4 is 39.2 Å². The Kier molecular flexibility index (Phi) is 3.77. The van der Waals surface area contributed by atoms with Gasteiger partial charge in [-0.2, -0.15) is 0 Å². The normalized spacial score (nSPS) is 11.1. The number of nitrogens with one attached hydrogen (secondary N) is 2. The van der Waals surface area contributed by atoms with Crippen molar-refractivity contribution in [1.29, 1.82) is 0 Å². The largest absolute Gasteiger partial charge is 0.324 e. The summed E-state index contributed by atoms with van der Waals surface area (Å²) in [7, 11) is 0. The van der Waals surface area contributed by atoms with Gasteiger partial charge in [-0.3, -0.25) is 19.3 Å². The molecule has 2 aromatic carbocycles. The second-order valence-corrected chi connectivity index (χ2v) is 6.98. The SMILES string of the molecule is O=C(Nc1nc2ccccc2[nH]1)c1cnc2scc(-c3ccccc3)n2c1=O. The first-order valence-electron chi connectivity index (χ1n) is 8.51. The van der Waals surface area contributed by atoms with E-state index in [0.29, 0.717) is 10.7 Å². The molecule has 0 aliphatic rings. The van der Waals surface area contributed by atoms with Gasteiger partial charge in [-0.25, -0.2) is 9.97 Å². The molecule has 3 aromatic heterocycles. The predicted molar refractivity (Wildman–Crippen MR) is 109 cm³/mol. The van der Waals surface area contributed by atoms with Crippen molar-refractivity contribution in [3.8, 4) is 11.3 Å². The summed E-state index contributed by atoms with van der Waals surface area (Å²) in [4.78, 5) is 37.9. The van der Waals surface area contributed by atoms with E-state index in [-0.39, 0.29) is 11.5 Å². The van der Waals surface area contributed by atoms with Crippen molar-refractivity contribution in [2.24, 2.45) is 0 Å². The number of imidazole rings is 1. The molecule has 0 aliphatic carbocycles. The standard InChI is InChI=1S/C20H13N5O2S/c26-17(24-19-22-14-8-4-5-9-15(14)23-19)13-10-21-20-25(18(13)27)16(11-28-20)12-6-2-1-3-7-12/h1-11H,(H2,22,23,24,26). The molecule has 28 heavy (non-hydrogen) atoms. The summed E-state index contributed by atoms with van der Waals surface area (Å²) in [5.41, 5.74) is 2.65. The van der Waals surface area contributed by atoms with Crippen LogP contribution in [0.25, 0.3) is 27.3 Å². The van der Waals surface area contributed by atoms with Crippen LogP contribution in [-0.2, 0) is 0 Å². The lowest BCUT2D eigenvalue weighted by Gasteiger charge is -2.04. The number of benzene rings is 2. The number of amides is 1. The Morgan fingerprint density at radius 1 is 1.07 bits per heavy atom. The molecule has 0 radical (unpaired) electrons. The molecule has 0 saturated heterocycles. The van der Waals surface area contributed by atoms with Gasteiger partial charge in [-0.05, 0) is 17.7 Å². The molecule has 5 rings (SSSR count). The highest BCUT2D eigenvalue weighted by atomic mass is 32.1. The molecular formula is C20H13N5O2S. The minimum absolute atomic E-state index is 0.0477. The van der Waals surface area contributed by atoms with E-state index in [1.807, 2.05) is 60.0 Å². The Bertz CT molecular complexity index is 1350. The number of hydrogen-bond donors (Lipinski definition) is 2. The number of rotatable bonds is 3. The molecule has 2 N–H and O–H groups in total. The third kappa shape index (κ3) is 2.67. The topological polar surface area (TPSA) is 92.2 Å². The number of para-hydroxylation sites is 2. The molecule has 3 heterocycles. The highest BCUT2D eigenvalue weighted by molar-refractivity contribution is 7.15. The number of fused-ring (bicyclic) bond motifs is 2. The van der Waals surface area contributed by atoms with E-state index in [0.717, 1.165) is 16.6 Å². The molecule has 0 unspecified atom stereocenters. The summed E-state index contributed by atoms with van der Waals surface area (Å²) in [5.74, 6) is -0.277. The zero-order valence-corrected chi connectivity index (χ0v) is 15.2. The number of carbonyl (C=O) groups is 1. The van der Waals surface area contributed by atoms with Crippen LogP contribution in [0.3, 0.4) is 0 Å². The van der Waals surface area contributed by atoms with Gasteiger partial charge in [0, 0.05) is 11.6 Å². The summed E-state index contributed by atoms with van der Waals surface area (Å²) in [5, 5.41) is 4.51. The average Bonchev–Trinajstić information content (AvgIpc) is 3.32. The van der Waals surface area contributed by atoms with E-state index in [1.54, 1.807) is 0 Å². The monoisotopic (exact) mass is 387 g/mol. The van der Waals surface area contributed by atoms with Crippen molar-refractivity contribution in [1.82, 2.24) is 19.4 Å². The molecule has 0 atom stereocenters. The van der Waals surface area contributed by atoms with E-state index in [2.05, 4.69) is 20.3 Å². The summed E-state index contributed by atoms with van der Waals surface area (Å²) in [6.45, 7) is 0. The van der Waals surface area contributed by atoms with Crippen molar-refractivity contribution in [3.63, 3.8) is 0 Å². The minimum Gasteiger partial charge on any atom is -0.324 e. The number of carbonyl (C=O) groups excluding carboxylic acids is 1. The van der Waals surface area contributed by atoms with Gasteiger partial charge < -0.3 is 4.98 Å². The summed E-state index contributed by atoms with van der Waals surface area (Å²) in [6, 6.07) is 17.0. The second kappa shape index (κ2) is 6.43. The molecule has 0 bridgehead atoms. The molecule has 7 nitrogen and oxygen atoms in total. The third-order valence-electron chi connectivity index (χ3n) is 4.38. The molecule has 136 valence electrons. The molecule has 0 fully saturated rings. The van der Waals surface area contributed by atoms with Crippen LogP contribution in [0.5, 0.6) is 0 Å². The van der Waals surface area contributed by atoms with Crippen LogP contribution in [0.1, 0.15) is 10.4 Å². The summed E-state index contributed by atoms with van der Waals surface area (Å²) >= 11 is 1.35. The van der Waals surface area contributed by atoms with Gasteiger partial charge in [0.05, 0.1) is 16.7 Å². The highest BCUT2D eigenvalue weighted by Gasteiger charge is 2.18. The Hall–Kier alpha value is -3.78. The van der Waals surface area contributed by atoms with E-state index < -0.39 is 11.5 Å². The van der Waals surface area contributed by atoms with Crippen molar-refractivity contribution < 1.29 is 4.79 Å². The fourth-order valence-corrected chi connectivity index (χ4v) is 3.90. The molecule has 5 aromatic rings. The van der Waals surface area contributed by atoms with Gasteiger partial charge in [0.25, 0.3) is 11.5 Å². The molecular weight excluding hydrogens is 374 g/mol. The van der Waals surface area contributed by atoms with Crippen LogP contribution in [0.15, 0.2) is 71.0 Å². The van der Waals surface area contributed by atoms with Crippen LogP contribution in [0, 0.1) is 0 Å². The molecule has 8 heteroatoms. The number of nitrogens with zero attached hydrogens (tertiary/aromatic N) is 3. The van der Waals surface area contributed by atoms with Gasteiger partial charge in [0.2, 0.25) is 5.95 Å². The van der Waals surface area contributed by atoms with Gasteiger partial charge in [0.1, 0.15) is 5.56 Å². The minimum atomic E-state index is -0.559. The number of hydrogen-bond acceptors (Lipinski definition) is 5. The molecule has 0 aliphatic heterocycles. The Labute approximate surface area is 162 Å². The fraction of sp³-hybridized carbons (Fsp3) is 0. The summed E-state index contributed by atoms with van der Waals surface area (Å²) in [6.07, 6.45) is 1.31. The first-order valence-corrected chi connectivity index (χ1v) is 9.39. The van der Waals surface area contributed by atoms with Crippen molar-refractivity contribution in [2.75, 3.05) is 5.32 Å². The third-order valence-corrected chi connectivity index (χ3v) is 5.22. The Morgan fingerprint density at radius 3 is 2.68 bits per heavy atom. The Balaban J connectivity index is 1.56. The first-order chi connectivity index (χ1) is 13.7. The van der Waals surface area contributed by atoms with Gasteiger partial charge in [0.15, 0.2) is 4.96 Å². The quantitative estimate of drug-likeness (QED) is 0.495. The number of thiazole rings is 1. The van der Waals surface area contributed by atoms with Gasteiger partial charge in [-0.1, -0.05) is 42.5 Å². The van der Waals surface area contributed by atoms with Crippen LogP contribution in [-0.4, -0.2) is 25.3 Å². The van der Waals surface area contributed by atoms with Crippen molar-refractivity contribution in [3.05, 3.63) is 82.1 Å². The molecule has 0 spiro atoms. The van der Waals surface area contributed by atoms with Crippen molar-refractivity contribution in [2.45, 2.75) is 0 Å². The second-order valence-electron chi connectivity index (χ2n) is 6.14. The lowest BCUT2D eigenvalue weighted by molar-refractivity contribution is 0.102. The predicted octanol–water partition coefficient (Wildman–Crippen LogP) is 3.55. The number of aromatic nitrogens is 4. The maximum atomic E-state index is 13.0. The van der Waals surface area contributed by atoms with E-state index in [1.165, 1.54) is 21.9 Å². The number of anilines is 1. The average molecular weight is 387 g/mol. The fourth-order valence-electron chi connectivity index (χ4n) is 3.05. The number of aromatic amines is 1. The lowest BCUT2D eigenvalue weighted by atomic mass is 10.2. The van der Waals surface area contributed by atoms with Gasteiger partial charge >= 0.3 is 0 Å². The molecule has 1 amide bonds. The first kappa shape index (κ1) is 16.4. The summed E-state index contributed by atoms with van der Waals surface area (Å²) < 4.78 is 1.47. The smallest absolute Gasteiger partial charge is 0.271 e.